The van der Waals surface area contributed by atoms with Crippen LogP contribution in [0, 0.1) is 6.92 Å². The molecule has 0 radical (unpaired) electrons. The van der Waals surface area contributed by atoms with E-state index in [9.17, 15) is 14.7 Å². The topological polar surface area (TPSA) is 93.5 Å². The number of aromatic hydroxyl groups is 1. The molecule has 144 valence electrons. The molecule has 0 aliphatic carbocycles. The summed E-state index contributed by atoms with van der Waals surface area (Å²) < 4.78 is 6.59. The molecule has 3 aromatic rings. The number of rotatable bonds is 6. The number of amides is 1. The first-order valence-electron chi connectivity index (χ1n) is 8.92. The third-order valence-corrected chi connectivity index (χ3v) is 3.96. The van der Waals surface area contributed by atoms with E-state index in [1.54, 1.807) is 42.5 Å². The van der Waals surface area contributed by atoms with E-state index in [1.165, 1.54) is 0 Å². The van der Waals surface area contributed by atoms with Crippen LogP contribution in [0.2, 0.25) is 0 Å². The van der Waals surface area contributed by atoms with E-state index in [0.29, 0.717) is 23.7 Å². The van der Waals surface area contributed by atoms with Crippen molar-refractivity contribution in [3.63, 3.8) is 0 Å². The van der Waals surface area contributed by atoms with E-state index in [-0.39, 0.29) is 5.69 Å². The molecule has 7 nitrogen and oxygen atoms in total. The molecule has 0 aliphatic heterocycles. The number of nitrogens with one attached hydrogen (secondary N) is 1. The lowest BCUT2D eigenvalue weighted by Crippen LogP contribution is -2.25. The number of carbonyl (C=O) groups excluding carboxylic acids is 1. The van der Waals surface area contributed by atoms with E-state index in [4.69, 9.17) is 4.74 Å². The molecule has 0 unspecified atom stereocenters. The molecule has 0 saturated carbocycles. The number of anilines is 1. The first-order valence-corrected chi connectivity index (χ1v) is 8.92. The maximum absolute atomic E-state index is 12.6. The van der Waals surface area contributed by atoms with Gasteiger partial charge in [0.05, 0.1) is 12.3 Å². The maximum Gasteiger partial charge on any atom is 0.279 e. The number of nitrogens with zero attached hydrogens (tertiary/aromatic N) is 2. The van der Waals surface area contributed by atoms with Gasteiger partial charge in [-0.15, -0.1) is 0 Å². The van der Waals surface area contributed by atoms with Gasteiger partial charge in [-0.25, -0.2) is 0 Å². The first kappa shape index (κ1) is 19.2. The fourth-order valence-electron chi connectivity index (χ4n) is 2.60. The summed E-state index contributed by atoms with van der Waals surface area (Å²) in [5.41, 5.74) is 1.19. The molecule has 2 N–H and O–H groups in total. The molecule has 0 fully saturated rings. The molecule has 0 spiro atoms. The molecule has 1 aromatic heterocycles. The van der Waals surface area contributed by atoms with Crippen molar-refractivity contribution in [1.82, 2.24) is 9.78 Å². The van der Waals surface area contributed by atoms with Gasteiger partial charge < -0.3 is 15.2 Å². The summed E-state index contributed by atoms with van der Waals surface area (Å²) in [6.07, 6.45) is 0.903. The standard InChI is InChI=1S/C21H21N3O4/c1-3-11-28-17-9-7-15(8-10-17)22-21(27)20-18(25)13-19(26)24(23-20)16-6-4-5-14(2)12-16/h4-10,12-13,25H,3,11H2,1-2H3,(H,22,27). The Morgan fingerprint density at radius 2 is 1.93 bits per heavy atom. The molecule has 1 heterocycles. The van der Waals surface area contributed by atoms with Crippen LogP contribution in [0.5, 0.6) is 11.5 Å². The Hall–Kier alpha value is -3.61. The van der Waals surface area contributed by atoms with Crippen molar-refractivity contribution in [3.8, 4) is 17.2 Å². The Bertz CT molecular complexity index is 1040. The van der Waals surface area contributed by atoms with Gasteiger partial charge in [0.15, 0.2) is 11.4 Å². The normalized spacial score (nSPS) is 10.5. The Morgan fingerprint density at radius 1 is 1.18 bits per heavy atom. The van der Waals surface area contributed by atoms with Crippen molar-refractivity contribution >= 4 is 11.6 Å². The predicted octanol–water partition coefficient (Wildman–Crippen LogP) is 3.29. The summed E-state index contributed by atoms with van der Waals surface area (Å²) in [7, 11) is 0. The highest BCUT2D eigenvalue weighted by Crippen LogP contribution is 2.19. The van der Waals surface area contributed by atoms with Crippen LogP contribution < -0.4 is 15.6 Å². The average Bonchev–Trinajstić information content (AvgIpc) is 2.67. The fourth-order valence-corrected chi connectivity index (χ4v) is 2.60. The first-order chi connectivity index (χ1) is 13.5. The molecule has 1 amide bonds. The van der Waals surface area contributed by atoms with Gasteiger partial charge in [-0.2, -0.15) is 9.78 Å². The van der Waals surface area contributed by atoms with Gasteiger partial charge >= 0.3 is 0 Å². The van der Waals surface area contributed by atoms with E-state index >= 15 is 0 Å². The number of carbonyl (C=O) groups is 1. The smallest absolute Gasteiger partial charge is 0.279 e. The third-order valence-electron chi connectivity index (χ3n) is 3.96. The van der Waals surface area contributed by atoms with Crippen LogP contribution in [-0.4, -0.2) is 27.4 Å². The van der Waals surface area contributed by atoms with Gasteiger partial charge in [-0.1, -0.05) is 19.1 Å². The van der Waals surface area contributed by atoms with Crippen molar-refractivity contribution in [2.75, 3.05) is 11.9 Å². The van der Waals surface area contributed by atoms with Gasteiger partial charge in [-0.3, -0.25) is 9.59 Å². The van der Waals surface area contributed by atoms with Gasteiger partial charge in [0.2, 0.25) is 0 Å². The van der Waals surface area contributed by atoms with Gasteiger partial charge in [0.1, 0.15) is 5.75 Å². The lowest BCUT2D eigenvalue weighted by Gasteiger charge is -2.10. The molecule has 3 rings (SSSR count). The van der Waals surface area contributed by atoms with Gasteiger partial charge in [0, 0.05) is 11.8 Å². The summed E-state index contributed by atoms with van der Waals surface area (Å²) in [6, 6.07) is 15.0. The fraction of sp³-hybridized carbons (Fsp3) is 0.190. The number of aryl methyl sites for hydroxylation is 1. The number of aromatic nitrogens is 2. The van der Waals surface area contributed by atoms with Crippen LogP contribution in [0.15, 0.2) is 59.4 Å². The Morgan fingerprint density at radius 3 is 2.61 bits per heavy atom. The molecular weight excluding hydrogens is 358 g/mol. The highest BCUT2D eigenvalue weighted by Gasteiger charge is 2.17. The second kappa shape index (κ2) is 8.39. The van der Waals surface area contributed by atoms with Crippen LogP contribution in [0.25, 0.3) is 5.69 Å². The zero-order chi connectivity index (χ0) is 20.1. The number of hydrogen-bond acceptors (Lipinski definition) is 5. The van der Waals surface area contributed by atoms with Crippen LogP contribution in [0.1, 0.15) is 29.4 Å². The second-order valence-corrected chi connectivity index (χ2v) is 6.29. The SMILES string of the molecule is CCCOc1ccc(NC(=O)c2nn(-c3cccc(C)c3)c(=O)cc2O)cc1. The quantitative estimate of drug-likeness (QED) is 0.685. The van der Waals surface area contributed by atoms with E-state index in [2.05, 4.69) is 10.4 Å². The number of ether oxygens (including phenoxy) is 1. The Labute approximate surface area is 162 Å². The summed E-state index contributed by atoms with van der Waals surface area (Å²) >= 11 is 0. The van der Waals surface area contributed by atoms with E-state index < -0.39 is 17.2 Å². The van der Waals surface area contributed by atoms with Crippen LogP contribution >= 0.6 is 0 Å². The summed E-state index contributed by atoms with van der Waals surface area (Å²) in [6.45, 7) is 4.52. The van der Waals surface area contributed by atoms with Gasteiger partial charge in [0.25, 0.3) is 11.5 Å². The number of benzene rings is 2. The second-order valence-electron chi connectivity index (χ2n) is 6.29. The van der Waals surface area contributed by atoms with Crippen molar-refractivity contribution in [3.05, 3.63) is 76.2 Å². The predicted molar refractivity (Wildman–Crippen MR) is 106 cm³/mol. The summed E-state index contributed by atoms with van der Waals surface area (Å²) in [5, 5.41) is 16.8. The molecule has 0 atom stereocenters. The molecule has 7 heteroatoms. The van der Waals surface area contributed by atoms with Crippen LogP contribution in [-0.2, 0) is 0 Å². The zero-order valence-electron chi connectivity index (χ0n) is 15.7. The van der Waals surface area contributed by atoms with Gasteiger partial charge in [-0.05, 0) is 55.3 Å². The summed E-state index contributed by atoms with van der Waals surface area (Å²) in [4.78, 5) is 24.8. The minimum atomic E-state index is -0.624. The Balaban J connectivity index is 1.85. The Kier molecular flexibility index (Phi) is 5.74. The number of hydrogen-bond donors (Lipinski definition) is 2. The average molecular weight is 379 g/mol. The van der Waals surface area contributed by atoms with E-state index in [0.717, 1.165) is 22.7 Å². The van der Waals surface area contributed by atoms with Crippen LogP contribution in [0.4, 0.5) is 5.69 Å². The van der Waals surface area contributed by atoms with Crippen molar-refractivity contribution < 1.29 is 14.6 Å². The van der Waals surface area contributed by atoms with Crippen molar-refractivity contribution in [1.29, 1.82) is 0 Å². The van der Waals surface area contributed by atoms with E-state index in [1.807, 2.05) is 19.9 Å². The lowest BCUT2D eigenvalue weighted by molar-refractivity contribution is 0.101. The van der Waals surface area contributed by atoms with Crippen molar-refractivity contribution in [2.24, 2.45) is 0 Å². The zero-order valence-corrected chi connectivity index (χ0v) is 15.7. The minimum Gasteiger partial charge on any atom is -0.505 e. The molecule has 0 aliphatic rings. The highest BCUT2D eigenvalue weighted by molar-refractivity contribution is 6.04. The lowest BCUT2D eigenvalue weighted by atomic mass is 10.2. The highest BCUT2D eigenvalue weighted by atomic mass is 16.5. The summed E-state index contributed by atoms with van der Waals surface area (Å²) in [5.74, 6) is -0.399. The van der Waals surface area contributed by atoms with Crippen LogP contribution in [0.3, 0.4) is 0 Å². The van der Waals surface area contributed by atoms with Crippen molar-refractivity contribution in [2.45, 2.75) is 20.3 Å². The molecule has 28 heavy (non-hydrogen) atoms. The molecular formula is C21H21N3O4. The molecule has 2 aromatic carbocycles. The monoisotopic (exact) mass is 379 g/mol. The minimum absolute atomic E-state index is 0.243. The molecule has 0 bridgehead atoms. The molecule has 0 saturated heterocycles. The largest absolute Gasteiger partial charge is 0.505 e. The maximum atomic E-state index is 12.6. The third kappa shape index (κ3) is 4.37.